The van der Waals surface area contributed by atoms with Crippen LogP contribution in [0.4, 0.5) is 0 Å². The molecule has 1 saturated heterocycles. The van der Waals surface area contributed by atoms with Crippen molar-refractivity contribution in [3.05, 3.63) is 11.7 Å². The summed E-state index contributed by atoms with van der Waals surface area (Å²) < 4.78 is 5.31. The zero-order chi connectivity index (χ0) is 15.0. The molecule has 9 heteroatoms. The first-order valence-electron chi connectivity index (χ1n) is 7.68. The van der Waals surface area contributed by atoms with E-state index in [-0.39, 0.29) is 36.8 Å². The van der Waals surface area contributed by atoms with Crippen LogP contribution in [-0.4, -0.2) is 57.6 Å². The molecule has 3 rings (SSSR count). The second-order valence-electron chi connectivity index (χ2n) is 6.06. The largest absolute Gasteiger partial charge is 0.339 e. The molecule has 1 atom stereocenters. The molecule has 2 fully saturated rings. The number of aromatic nitrogens is 2. The normalized spacial score (nSPS) is 21.1. The molecule has 132 valence electrons. The summed E-state index contributed by atoms with van der Waals surface area (Å²) in [5.41, 5.74) is 5.43. The molecule has 2 heterocycles. The van der Waals surface area contributed by atoms with Gasteiger partial charge in [-0.15, -0.1) is 24.8 Å². The van der Waals surface area contributed by atoms with E-state index in [1.54, 1.807) is 0 Å². The van der Waals surface area contributed by atoms with Gasteiger partial charge in [0.1, 0.15) is 0 Å². The Bertz CT molecular complexity index is 527. The predicted molar refractivity (Wildman–Crippen MR) is 90.9 cm³/mol. The van der Waals surface area contributed by atoms with Gasteiger partial charge in [0.25, 0.3) is 0 Å². The van der Waals surface area contributed by atoms with Crippen LogP contribution in [0.3, 0.4) is 0 Å². The molecule has 0 radical (unpaired) electrons. The number of rotatable bonds is 4. The Morgan fingerprint density at radius 2 is 1.91 bits per heavy atom. The molecule has 2 aliphatic rings. The molecule has 0 aromatic carbocycles. The highest BCUT2D eigenvalue weighted by Crippen LogP contribution is 2.34. The third-order valence-corrected chi connectivity index (χ3v) is 4.52. The van der Waals surface area contributed by atoms with E-state index < -0.39 is 5.54 Å². The summed E-state index contributed by atoms with van der Waals surface area (Å²) in [6, 6.07) is 0.0859. The smallest absolute Gasteiger partial charge is 0.243 e. The molecule has 1 aromatic heterocycles. The average Bonchev–Trinajstić information content (AvgIpc) is 3.09. The maximum absolute atomic E-state index is 12.2. The number of nitrogens with two attached hydrogens (primary N) is 1. The van der Waals surface area contributed by atoms with Crippen LogP contribution < -0.4 is 5.73 Å². The van der Waals surface area contributed by atoms with Gasteiger partial charge < -0.3 is 15.2 Å². The SMILES string of the molecule is CCc1noc(C(C)N2CCN(C(=O)C3(N)CC3)CC2)n1.Cl.Cl. The van der Waals surface area contributed by atoms with Crippen LogP contribution in [0.15, 0.2) is 4.52 Å². The van der Waals surface area contributed by atoms with Crippen molar-refractivity contribution in [2.24, 2.45) is 5.73 Å². The number of hydrogen-bond acceptors (Lipinski definition) is 6. The number of piperazine rings is 1. The fourth-order valence-electron chi connectivity index (χ4n) is 2.71. The van der Waals surface area contributed by atoms with Crippen molar-refractivity contribution in [3.8, 4) is 0 Å². The van der Waals surface area contributed by atoms with Crippen molar-refractivity contribution in [1.82, 2.24) is 19.9 Å². The first-order chi connectivity index (χ1) is 10.0. The molecule has 2 N–H and O–H groups in total. The van der Waals surface area contributed by atoms with Crippen LogP contribution in [0.1, 0.15) is 44.4 Å². The van der Waals surface area contributed by atoms with E-state index in [1.165, 1.54) is 0 Å². The molecule has 7 nitrogen and oxygen atoms in total. The highest BCUT2D eigenvalue weighted by atomic mass is 35.5. The Morgan fingerprint density at radius 3 is 2.39 bits per heavy atom. The van der Waals surface area contributed by atoms with Crippen molar-refractivity contribution in [1.29, 1.82) is 0 Å². The van der Waals surface area contributed by atoms with Gasteiger partial charge in [-0.25, -0.2) is 0 Å². The van der Waals surface area contributed by atoms with E-state index in [9.17, 15) is 4.79 Å². The predicted octanol–water partition coefficient (Wildman–Crippen LogP) is 1.17. The molecule has 1 aromatic rings. The molecule has 23 heavy (non-hydrogen) atoms. The minimum absolute atomic E-state index is 0. The Morgan fingerprint density at radius 1 is 1.30 bits per heavy atom. The van der Waals surface area contributed by atoms with Gasteiger partial charge in [0, 0.05) is 32.6 Å². The minimum atomic E-state index is -0.559. The lowest BCUT2D eigenvalue weighted by Crippen LogP contribution is -2.54. The average molecular weight is 366 g/mol. The molecule has 1 aliphatic heterocycles. The van der Waals surface area contributed by atoms with E-state index >= 15 is 0 Å². The van der Waals surface area contributed by atoms with Crippen LogP contribution in [-0.2, 0) is 11.2 Å². The first-order valence-corrected chi connectivity index (χ1v) is 7.68. The molecular formula is C14H25Cl2N5O2. The summed E-state index contributed by atoms with van der Waals surface area (Å²) in [6.45, 7) is 7.13. The van der Waals surface area contributed by atoms with Crippen molar-refractivity contribution < 1.29 is 9.32 Å². The molecule has 0 bridgehead atoms. The van der Waals surface area contributed by atoms with E-state index in [2.05, 4.69) is 22.0 Å². The molecule has 1 saturated carbocycles. The summed E-state index contributed by atoms with van der Waals surface area (Å²) in [7, 11) is 0. The third kappa shape index (κ3) is 4.15. The third-order valence-electron chi connectivity index (χ3n) is 4.52. The van der Waals surface area contributed by atoms with Crippen LogP contribution in [0.25, 0.3) is 0 Å². The lowest BCUT2D eigenvalue weighted by Gasteiger charge is -2.37. The van der Waals surface area contributed by atoms with Gasteiger partial charge in [0.2, 0.25) is 11.8 Å². The number of carbonyl (C=O) groups excluding carboxylic acids is 1. The number of carbonyl (C=O) groups is 1. The van der Waals surface area contributed by atoms with Gasteiger partial charge in [0.15, 0.2) is 5.82 Å². The number of amides is 1. The van der Waals surface area contributed by atoms with E-state index in [1.807, 2.05) is 11.8 Å². The van der Waals surface area contributed by atoms with Gasteiger partial charge in [0.05, 0.1) is 11.6 Å². The van der Waals surface area contributed by atoms with Crippen molar-refractivity contribution >= 4 is 30.7 Å². The van der Waals surface area contributed by atoms with E-state index in [0.29, 0.717) is 5.89 Å². The van der Waals surface area contributed by atoms with Crippen LogP contribution in [0.5, 0.6) is 0 Å². The standard InChI is InChI=1S/C14H23N5O2.2ClH/c1-3-11-16-12(21-17-11)10(2)18-6-8-19(9-7-18)13(20)14(15)4-5-14;;/h10H,3-9,15H2,1-2H3;2*1H. The summed E-state index contributed by atoms with van der Waals surface area (Å²) in [4.78, 5) is 20.8. The Balaban J connectivity index is 0.00000132. The maximum atomic E-state index is 12.2. The Kier molecular flexibility index (Phi) is 6.82. The van der Waals surface area contributed by atoms with Crippen molar-refractivity contribution in [2.45, 2.75) is 44.7 Å². The molecule has 1 unspecified atom stereocenters. The van der Waals surface area contributed by atoms with Gasteiger partial charge in [-0.2, -0.15) is 4.98 Å². The number of hydrogen-bond donors (Lipinski definition) is 1. The summed E-state index contributed by atoms with van der Waals surface area (Å²) in [6.07, 6.45) is 2.42. The summed E-state index contributed by atoms with van der Waals surface area (Å²) in [5.74, 6) is 1.51. The van der Waals surface area contributed by atoms with Gasteiger partial charge >= 0.3 is 0 Å². The summed E-state index contributed by atoms with van der Waals surface area (Å²) >= 11 is 0. The monoisotopic (exact) mass is 365 g/mol. The van der Waals surface area contributed by atoms with Gasteiger partial charge in [-0.3, -0.25) is 9.69 Å². The van der Waals surface area contributed by atoms with Gasteiger partial charge in [-0.05, 0) is 19.8 Å². The quantitative estimate of drug-likeness (QED) is 0.861. The van der Waals surface area contributed by atoms with Crippen LogP contribution >= 0.6 is 24.8 Å². The lowest BCUT2D eigenvalue weighted by molar-refractivity contribution is -0.135. The summed E-state index contributed by atoms with van der Waals surface area (Å²) in [5, 5.41) is 3.94. The molecular weight excluding hydrogens is 341 g/mol. The number of aryl methyl sites for hydroxylation is 1. The second kappa shape index (κ2) is 7.79. The fraction of sp³-hybridized carbons (Fsp3) is 0.786. The fourth-order valence-corrected chi connectivity index (χ4v) is 2.71. The van der Waals surface area contributed by atoms with E-state index in [4.69, 9.17) is 10.3 Å². The molecule has 0 spiro atoms. The molecule has 1 aliphatic carbocycles. The highest BCUT2D eigenvalue weighted by Gasteiger charge is 2.48. The Hall–Kier alpha value is -0.890. The maximum Gasteiger partial charge on any atom is 0.243 e. The van der Waals surface area contributed by atoms with Crippen molar-refractivity contribution in [2.75, 3.05) is 26.2 Å². The van der Waals surface area contributed by atoms with E-state index in [0.717, 1.165) is 51.3 Å². The van der Waals surface area contributed by atoms with Crippen LogP contribution in [0, 0.1) is 0 Å². The number of nitrogens with zero attached hydrogens (tertiary/aromatic N) is 4. The number of halogens is 2. The first kappa shape index (κ1) is 20.2. The Labute approximate surface area is 148 Å². The highest BCUT2D eigenvalue weighted by molar-refractivity contribution is 5.89. The minimum Gasteiger partial charge on any atom is -0.339 e. The second-order valence-corrected chi connectivity index (χ2v) is 6.06. The van der Waals surface area contributed by atoms with Crippen LogP contribution in [0.2, 0.25) is 0 Å². The zero-order valence-corrected chi connectivity index (χ0v) is 15.2. The topological polar surface area (TPSA) is 88.5 Å². The zero-order valence-electron chi connectivity index (χ0n) is 13.5. The van der Waals surface area contributed by atoms with Crippen molar-refractivity contribution in [3.63, 3.8) is 0 Å². The van der Waals surface area contributed by atoms with Gasteiger partial charge in [-0.1, -0.05) is 12.1 Å². The lowest BCUT2D eigenvalue weighted by atomic mass is 10.2. The molecule has 1 amide bonds.